The fraction of sp³-hybridized carbons (Fsp3) is 0.438. The van der Waals surface area contributed by atoms with Crippen molar-refractivity contribution in [2.75, 3.05) is 16.8 Å². The van der Waals surface area contributed by atoms with E-state index in [2.05, 4.69) is 40.6 Å². The van der Waals surface area contributed by atoms with Gasteiger partial charge < -0.3 is 10.2 Å². The lowest BCUT2D eigenvalue weighted by Gasteiger charge is -2.27. The molecule has 1 N–H and O–H groups in total. The van der Waals surface area contributed by atoms with Crippen LogP contribution in [0.15, 0.2) is 24.3 Å². The molecule has 1 aromatic carbocycles. The summed E-state index contributed by atoms with van der Waals surface area (Å²) >= 11 is 1.14. The Balaban J connectivity index is 2.10. The molecule has 0 radical (unpaired) electrons. The highest BCUT2D eigenvalue weighted by Crippen LogP contribution is 2.21. The van der Waals surface area contributed by atoms with Crippen LogP contribution in [0.25, 0.3) is 0 Å². The third-order valence-electron chi connectivity index (χ3n) is 3.52. The first-order valence-electron chi connectivity index (χ1n) is 7.56. The molecule has 0 spiro atoms. The lowest BCUT2D eigenvalue weighted by molar-refractivity contribution is 0.102. The predicted molar refractivity (Wildman–Crippen MR) is 91.8 cm³/mol. The minimum atomic E-state index is -0.143. The van der Waals surface area contributed by atoms with Gasteiger partial charge in [-0.3, -0.25) is 4.79 Å². The molecule has 118 valence electrons. The van der Waals surface area contributed by atoms with Gasteiger partial charge in [0.2, 0.25) is 0 Å². The Morgan fingerprint density at radius 1 is 1.27 bits per heavy atom. The van der Waals surface area contributed by atoms with Gasteiger partial charge in [0.05, 0.1) is 5.69 Å². The first-order valence-corrected chi connectivity index (χ1v) is 8.33. The van der Waals surface area contributed by atoms with E-state index in [1.54, 1.807) is 0 Å². The van der Waals surface area contributed by atoms with Crippen LogP contribution in [0, 0.1) is 0 Å². The second-order valence-corrected chi connectivity index (χ2v) is 6.04. The number of hydrogen-bond donors (Lipinski definition) is 1. The van der Waals surface area contributed by atoms with Crippen molar-refractivity contribution in [3.05, 3.63) is 34.8 Å². The van der Waals surface area contributed by atoms with Crippen LogP contribution in [-0.4, -0.2) is 28.1 Å². The second kappa shape index (κ2) is 7.35. The Labute approximate surface area is 135 Å². The number of amides is 1. The van der Waals surface area contributed by atoms with E-state index in [1.165, 1.54) is 0 Å². The second-order valence-electron chi connectivity index (χ2n) is 5.28. The van der Waals surface area contributed by atoms with Crippen LogP contribution in [0.4, 0.5) is 11.4 Å². The van der Waals surface area contributed by atoms with Gasteiger partial charge in [-0.15, -0.1) is 5.10 Å². The summed E-state index contributed by atoms with van der Waals surface area (Å²) in [6, 6.07) is 8.37. The van der Waals surface area contributed by atoms with Crippen molar-refractivity contribution in [1.29, 1.82) is 0 Å². The molecule has 0 aliphatic carbocycles. The molecule has 1 aromatic heterocycles. The quantitative estimate of drug-likeness (QED) is 0.884. The van der Waals surface area contributed by atoms with E-state index in [0.29, 0.717) is 17.3 Å². The van der Waals surface area contributed by atoms with Crippen LogP contribution < -0.4 is 10.2 Å². The predicted octanol–water partition coefficient (Wildman–Crippen LogP) is 3.59. The summed E-state index contributed by atoms with van der Waals surface area (Å²) in [6.07, 6.45) is 0.706. The first kappa shape index (κ1) is 16.4. The van der Waals surface area contributed by atoms with Crippen LogP contribution in [0.3, 0.4) is 0 Å². The van der Waals surface area contributed by atoms with Gasteiger partial charge in [-0.1, -0.05) is 11.4 Å². The molecule has 0 fully saturated rings. The zero-order valence-corrected chi connectivity index (χ0v) is 14.3. The molecule has 2 aromatic rings. The summed E-state index contributed by atoms with van der Waals surface area (Å²) < 4.78 is 3.85. The SMILES string of the molecule is CCc1nnsc1C(=O)Nc1ccc(N(CC)C(C)C)cc1. The average molecular weight is 318 g/mol. The van der Waals surface area contributed by atoms with Gasteiger partial charge in [-0.05, 0) is 63.0 Å². The molecule has 0 unspecified atom stereocenters. The van der Waals surface area contributed by atoms with Crippen LogP contribution in [0.1, 0.15) is 43.1 Å². The molecule has 0 saturated carbocycles. The normalized spacial score (nSPS) is 10.8. The van der Waals surface area contributed by atoms with E-state index in [0.717, 1.165) is 35.1 Å². The number of benzene rings is 1. The zero-order chi connectivity index (χ0) is 16.1. The van der Waals surface area contributed by atoms with Gasteiger partial charge in [-0.25, -0.2) is 0 Å². The van der Waals surface area contributed by atoms with Crippen molar-refractivity contribution < 1.29 is 4.79 Å². The van der Waals surface area contributed by atoms with E-state index in [-0.39, 0.29) is 5.91 Å². The van der Waals surface area contributed by atoms with Gasteiger partial charge in [0, 0.05) is 24.0 Å². The highest BCUT2D eigenvalue weighted by molar-refractivity contribution is 7.08. The number of aryl methyl sites for hydroxylation is 1. The Hall–Kier alpha value is -1.95. The van der Waals surface area contributed by atoms with Gasteiger partial charge in [0.15, 0.2) is 0 Å². The maximum absolute atomic E-state index is 12.2. The molecule has 0 saturated heterocycles. The lowest BCUT2D eigenvalue weighted by atomic mass is 10.2. The number of nitrogens with zero attached hydrogens (tertiary/aromatic N) is 3. The van der Waals surface area contributed by atoms with Gasteiger partial charge in [0.1, 0.15) is 4.88 Å². The third-order valence-corrected chi connectivity index (χ3v) is 4.28. The molecule has 0 aliphatic rings. The summed E-state index contributed by atoms with van der Waals surface area (Å²) in [5.74, 6) is -0.143. The van der Waals surface area contributed by atoms with Crippen molar-refractivity contribution in [2.24, 2.45) is 0 Å². The molecule has 0 bridgehead atoms. The summed E-state index contributed by atoms with van der Waals surface area (Å²) in [5, 5.41) is 6.87. The molecular weight excluding hydrogens is 296 g/mol. The largest absolute Gasteiger partial charge is 0.369 e. The maximum Gasteiger partial charge on any atom is 0.269 e. The number of aromatic nitrogens is 2. The number of rotatable bonds is 6. The monoisotopic (exact) mass is 318 g/mol. The van der Waals surface area contributed by atoms with E-state index < -0.39 is 0 Å². The van der Waals surface area contributed by atoms with E-state index >= 15 is 0 Å². The van der Waals surface area contributed by atoms with Crippen LogP contribution in [0.5, 0.6) is 0 Å². The Kier molecular flexibility index (Phi) is 5.49. The molecule has 2 rings (SSSR count). The minimum absolute atomic E-state index is 0.143. The van der Waals surface area contributed by atoms with Crippen LogP contribution >= 0.6 is 11.5 Å². The van der Waals surface area contributed by atoms with E-state index in [4.69, 9.17) is 0 Å². The fourth-order valence-electron chi connectivity index (χ4n) is 2.38. The molecule has 1 heterocycles. The number of anilines is 2. The summed E-state index contributed by atoms with van der Waals surface area (Å²) in [6.45, 7) is 9.40. The molecule has 6 heteroatoms. The molecule has 5 nitrogen and oxygen atoms in total. The number of nitrogens with one attached hydrogen (secondary N) is 1. The van der Waals surface area contributed by atoms with E-state index in [9.17, 15) is 4.79 Å². The van der Waals surface area contributed by atoms with Gasteiger partial charge in [0.25, 0.3) is 5.91 Å². The molecular formula is C16H22N4OS. The summed E-state index contributed by atoms with van der Waals surface area (Å²) in [7, 11) is 0. The van der Waals surface area contributed by atoms with E-state index in [1.807, 2.05) is 31.2 Å². The van der Waals surface area contributed by atoms with Gasteiger partial charge in [-0.2, -0.15) is 0 Å². The number of carbonyl (C=O) groups excluding carboxylic acids is 1. The number of hydrogen-bond acceptors (Lipinski definition) is 5. The Bertz CT molecular complexity index is 621. The molecule has 1 amide bonds. The van der Waals surface area contributed by atoms with Crippen LogP contribution in [-0.2, 0) is 6.42 Å². The third kappa shape index (κ3) is 3.62. The maximum atomic E-state index is 12.2. The van der Waals surface area contributed by atoms with Crippen molar-refractivity contribution in [2.45, 2.75) is 40.2 Å². The lowest BCUT2D eigenvalue weighted by Crippen LogP contribution is -2.30. The Morgan fingerprint density at radius 3 is 2.50 bits per heavy atom. The standard InChI is InChI=1S/C16H22N4OS/c1-5-14-15(22-19-18-14)16(21)17-12-7-9-13(10-8-12)20(6-2)11(3)4/h7-11H,5-6H2,1-4H3,(H,17,21). The molecule has 0 aliphatic heterocycles. The van der Waals surface area contributed by atoms with Crippen molar-refractivity contribution >= 4 is 28.8 Å². The van der Waals surface area contributed by atoms with Gasteiger partial charge >= 0.3 is 0 Å². The summed E-state index contributed by atoms with van der Waals surface area (Å²) in [5.41, 5.74) is 2.68. The zero-order valence-electron chi connectivity index (χ0n) is 13.5. The molecule has 0 atom stereocenters. The highest BCUT2D eigenvalue weighted by atomic mass is 32.1. The summed E-state index contributed by atoms with van der Waals surface area (Å²) in [4.78, 5) is 15.1. The van der Waals surface area contributed by atoms with Crippen molar-refractivity contribution in [3.63, 3.8) is 0 Å². The van der Waals surface area contributed by atoms with Crippen LogP contribution in [0.2, 0.25) is 0 Å². The first-order chi connectivity index (χ1) is 10.6. The number of carbonyl (C=O) groups is 1. The smallest absolute Gasteiger partial charge is 0.269 e. The van der Waals surface area contributed by atoms with Crippen molar-refractivity contribution in [1.82, 2.24) is 9.59 Å². The fourth-order valence-corrected chi connectivity index (χ4v) is 3.03. The molecule has 22 heavy (non-hydrogen) atoms. The Morgan fingerprint density at radius 2 is 1.95 bits per heavy atom. The highest BCUT2D eigenvalue weighted by Gasteiger charge is 2.15. The average Bonchev–Trinajstić information content (AvgIpc) is 2.98. The minimum Gasteiger partial charge on any atom is -0.369 e. The topological polar surface area (TPSA) is 58.1 Å². The van der Waals surface area contributed by atoms with Crippen molar-refractivity contribution in [3.8, 4) is 0 Å².